The SMILES string of the molecule is CCOC(=O)c1c(NC(=S)Nc2ncn(Cc3ccccc3C)n2)sc(C)c1-c1ccccc1. The van der Waals surface area contributed by atoms with E-state index in [9.17, 15) is 4.79 Å². The van der Waals surface area contributed by atoms with Crippen LogP contribution >= 0.6 is 23.6 Å². The van der Waals surface area contributed by atoms with Crippen LogP contribution in [-0.2, 0) is 11.3 Å². The number of thiocarbonyl (C=S) groups is 1. The molecule has 0 saturated heterocycles. The van der Waals surface area contributed by atoms with Crippen LogP contribution < -0.4 is 10.6 Å². The molecule has 0 amide bonds. The van der Waals surface area contributed by atoms with Gasteiger partial charge in [-0.25, -0.2) is 14.5 Å². The average Bonchev–Trinajstić information content (AvgIpc) is 3.39. The summed E-state index contributed by atoms with van der Waals surface area (Å²) in [5.74, 6) is -0.0167. The first-order valence-electron chi connectivity index (χ1n) is 10.8. The van der Waals surface area contributed by atoms with Gasteiger partial charge in [0.1, 0.15) is 16.9 Å². The smallest absolute Gasteiger partial charge is 0.341 e. The lowest BCUT2D eigenvalue weighted by atomic mass is 10.0. The Labute approximate surface area is 207 Å². The fraction of sp³-hybridized carbons (Fsp3) is 0.200. The summed E-state index contributed by atoms with van der Waals surface area (Å²) >= 11 is 6.95. The fourth-order valence-electron chi connectivity index (χ4n) is 3.61. The zero-order valence-electron chi connectivity index (χ0n) is 19.2. The number of ether oxygens (including phenoxy) is 1. The number of carbonyl (C=O) groups is 1. The minimum absolute atomic E-state index is 0.284. The standard InChI is InChI=1S/C25H25N5O2S2/c1-4-32-23(31)21-20(18-11-6-5-7-12-18)17(3)34-22(21)27-25(33)28-24-26-15-30(29-24)14-19-13-9-8-10-16(19)2/h5-13,15H,4,14H2,1-3H3,(H2,27,28,29,33). The number of hydrogen-bond donors (Lipinski definition) is 2. The molecule has 0 unspecified atom stereocenters. The van der Waals surface area contributed by atoms with Crippen LogP contribution in [0.15, 0.2) is 60.9 Å². The Morgan fingerprint density at radius 2 is 1.82 bits per heavy atom. The second-order valence-electron chi connectivity index (χ2n) is 7.60. The van der Waals surface area contributed by atoms with Crippen molar-refractivity contribution < 1.29 is 9.53 Å². The van der Waals surface area contributed by atoms with E-state index >= 15 is 0 Å². The van der Waals surface area contributed by atoms with E-state index in [0.29, 0.717) is 28.2 Å². The number of rotatable bonds is 7. The number of nitrogens with one attached hydrogen (secondary N) is 2. The Hall–Kier alpha value is -3.56. The molecule has 34 heavy (non-hydrogen) atoms. The lowest BCUT2D eigenvalue weighted by molar-refractivity contribution is 0.0529. The van der Waals surface area contributed by atoms with Gasteiger partial charge in [0, 0.05) is 10.4 Å². The third-order valence-corrected chi connectivity index (χ3v) is 6.43. The van der Waals surface area contributed by atoms with Gasteiger partial charge >= 0.3 is 5.97 Å². The molecule has 4 aromatic rings. The van der Waals surface area contributed by atoms with E-state index in [0.717, 1.165) is 16.0 Å². The Morgan fingerprint density at radius 3 is 2.56 bits per heavy atom. The van der Waals surface area contributed by atoms with Crippen molar-refractivity contribution in [3.8, 4) is 11.1 Å². The molecule has 9 heteroatoms. The van der Waals surface area contributed by atoms with Crippen LogP contribution in [0.4, 0.5) is 10.9 Å². The number of carbonyl (C=O) groups excluding carboxylic acids is 1. The zero-order valence-corrected chi connectivity index (χ0v) is 20.8. The number of benzene rings is 2. The highest BCUT2D eigenvalue weighted by atomic mass is 32.1. The lowest BCUT2D eigenvalue weighted by Crippen LogP contribution is -2.21. The van der Waals surface area contributed by atoms with E-state index in [2.05, 4.69) is 39.8 Å². The molecule has 0 spiro atoms. The predicted molar refractivity (Wildman–Crippen MR) is 141 cm³/mol. The molecule has 2 aromatic carbocycles. The normalized spacial score (nSPS) is 10.7. The molecule has 0 saturated carbocycles. The summed E-state index contributed by atoms with van der Waals surface area (Å²) in [5, 5.41) is 11.5. The molecular formula is C25H25N5O2S2. The molecule has 2 aromatic heterocycles. The van der Waals surface area contributed by atoms with E-state index in [4.69, 9.17) is 17.0 Å². The second-order valence-corrected chi connectivity index (χ2v) is 9.23. The van der Waals surface area contributed by atoms with Gasteiger partial charge in [0.2, 0.25) is 5.95 Å². The first-order valence-corrected chi connectivity index (χ1v) is 12.1. The van der Waals surface area contributed by atoms with E-state index in [1.807, 2.05) is 49.4 Å². The van der Waals surface area contributed by atoms with Gasteiger partial charge in [0.15, 0.2) is 5.11 Å². The van der Waals surface area contributed by atoms with Crippen LogP contribution in [0, 0.1) is 13.8 Å². The molecule has 0 bridgehead atoms. The highest BCUT2D eigenvalue weighted by molar-refractivity contribution is 7.80. The molecule has 0 aliphatic carbocycles. The summed E-state index contributed by atoms with van der Waals surface area (Å²) in [6.07, 6.45) is 1.66. The topological polar surface area (TPSA) is 81.1 Å². The van der Waals surface area contributed by atoms with Crippen LogP contribution in [0.3, 0.4) is 0 Å². The molecule has 7 nitrogen and oxygen atoms in total. The molecule has 2 heterocycles. The summed E-state index contributed by atoms with van der Waals surface area (Å²) in [4.78, 5) is 18.2. The number of hydrogen-bond acceptors (Lipinski definition) is 6. The Morgan fingerprint density at radius 1 is 1.09 bits per heavy atom. The van der Waals surface area contributed by atoms with Crippen molar-refractivity contribution in [2.75, 3.05) is 17.2 Å². The number of nitrogens with zero attached hydrogens (tertiary/aromatic N) is 3. The van der Waals surface area contributed by atoms with Crippen LogP contribution in [0.25, 0.3) is 11.1 Å². The van der Waals surface area contributed by atoms with Crippen molar-refractivity contribution in [3.05, 3.63) is 82.5 Å². The first kappa shape index (κ1) is 23.6. The highest BCUT2D eigenvalue weighted by Gasteiger charge is 2.25. The lowest BCUT2D eigenvalue weighted by Gasteiger charge is -2.10. The molecule has 0 aliphatic rings. The van der Waals surface area contributed by atoms with Gasteiger partial charge in [-0.2, -0.15) is 0 Å². The number of aryl methyl sites for hydroxylation is 2. The quantitative estimate of drug-likeness (QED) is 0.255. The summed E-state index contributed by atoms with van der Waals surface area (Å²) in [5.41, 5.74) is 4.62. The maximum absolute atomic E-state index is 12.9. The third kappa shape index (κ3) is 5.32. The van der Waals surface area contributed by atoms with Crippen molar-refractivity contribution >= 4 is 45.6 Å². The molecule has 174 valence electrons. The maximum atomic E-state index is 12.9. The zero-order chi connectivity index (χ0) is 24.1. The van der Waals surface area contributed by atoms with Gasteiger partial charge in [0.25, 0.3) is 0 Å². The summed E-state index contributed by atoms with van der Waals surface area (Å²) in [6.45, 7) is 6.73. The molecular weight excluding hydrogens is 466 g/mol. The van der Waals surface area contributed by atoms with Crippen molar-refractivity contribution in [3.63, 3.8) is 0 Å². The Kier molecular flexibility index (Phi) is 7.34. The molecule has 0 atom stereocenters. The van der Waals surface area contributed by atoms with Gasteiger partial charge in [-0.15, -0.1) is 16.4 Å². The third-order valence-electron chi connectivity index (χ3n) is 5.21. The van der Waals surface area contributed by atoms with Gasteiger partial charge in [-0.05, 0) is 49.7 Å². The van der Waals surface area contributed by atoms with Crippen molar-refractivity contribution in [1.82, 2.24) is 14.8 Å². The second kappa shape index (κ2) is 10.6. The molecule has 0 aliphatic heterocycles. The monoisotopic (exact) mass is 491 g/mol. The average molecular weight is 492 g/mol. The van der Waals surface area contributed by atoms with Crippen molar-refractivity contribution in [2.45, 2.75) is 27.3 Å². The fourth-order valence-corrected chi connectivity index (χ4v) is 4.94. The number of aromatic nitrogens is 3. The van der Waals surface area contributed by atoms with Gasteiger partial charge in [0.05, 0.1) is 13.2 Å². The number of anilines is 2. The van der Waals surface area contributed by atoms with Crippen LogP contribution in [0.1, 0.15) is 33.3 Å². The largest absolute Gasteiger partial charge is 0.462 e. The van der Waals surface area contributed by atoms with E-state index in [1.165, 1.54) is 22.5 Å². The summed E-state index contributed by atoms with van der Waals surface area (Å²) < 4.78 is 7.10. The van der Waals surface area contributed by atoms with Crippen LogP contribution in [-0.4, -0.2) is 32.5 Å². The van der Waals surface area contributed by atoms with E-state index in [1.54, 1.807) is 17.9 Å². The highest BCUT2D eigenvalue weighted by Crippen LogP contribution is 2.40. The van der Waals surface area contributed by atoms with Gasteiger partial charge in [-0.1, -0.05) is 54.6 Å². The van der Waals surface area contributed by atoms with Crippen LogP contribution in [0.2, 0.25) is 0 Å². The number of thiophene rings is 1. The predicted octanol–water partition coefficient (Wildman–Crippen LogP) is 5.66. The van der Waals surface area contributed by atoms with Crippen molar-refractivity contribution in [2.24, 2.45) is 0 Å². The van der Waals surface area contributed by atoms with Crippen molar-refractivity contribution in [1.29, 1.82) is 0 Å². The summed E-state index contributed by atoms with van der Waals surface area (Å²) in [7, 11) is 0. The van der Waals surface area contributed by atoms with Gasteiger partial charge in [-0.3, -0.25) is 5.32 Å². The maximum Gasteiger partial charge on any atom is 0.341 e. The molecule has 0 radical (unpaired) electrons. The first-order chi connectivity index (χ1) is 16.5. The molecule has 4 rings (SSSR count). The van der Waals surface area contributed by atoms with Gasteiger partial charge < -0.3 is 10.1 Å². The Bertz CT molecular complexity index is 1310. The Balaban J connectivity index is 1.53. The van der Waals surface area contributed by atoms with Crippen LogP contribution in [0.5, 0.6) is 0 Å². The van der Waals surface area contributed by atoms with E-state index < -0.39 is 5.97 Å². The number of esters is 1. The molecule has 2 N–H and O–H groups in total. The van der Waals surface area contributed by atoms with E-state index in [-0.39, 0.29) is 6.61 Å². The minimum atomic E-state index is -0.392. The summed E-state index contributed by atoms with van der Waals surface area (Å²) in [6, 6.07) is 17.9. The molecule has 0 fully saturated rings. The minimum Gasteiger partial charge on any atom is -0.462 e.